The maximum absolute atomic E-state index is 6.51. The highest BCUT2D eigenvalue weighted by atomic mass is 127. The highest BCUT2D eigenvalue weighted by Crippen LogP contribution is 2.59. The number of para-hydroxylation sites is 2. The fraction of sp³-hybridized carbons (Fsp3) is 0.0769. The van der Waals surface area contributed by atoms with Crippen LogP contribution in [0.5, 0.6) is 0 Å². The molecule has 8 heteroatoms. The summed E-state index contributed by atoms with van der Waals surface area (Å²) in [5.41, 5.74) is 29.0. The molecule has 0 bridgehead atoms. The van der Waals surface area contributed by atoms with Gasteiger partial charge < -0.3 is 18.4 Å². The molecule has 0 saturated carbocycles. The van der Waals surface area contributed by atoms with Crippen LogP contribution >= 0.6 is 54.5 Å². The third-order valence-corrected chi connectivity index (χ3v) is 26.1. The van der Waals surface area contributed by atoms with Gasteiger partial charge in [0.2, 0.25) is 0 Å². The third-order valence-electron chi connectivity index (χ3n) is 23.7. The fourth-order valence-electron chi connectivity index (χ4n) is 18.0. The second-order valence-corrected chi connectivity index (χ2v) is 33.2. The van der Waals surface area contributed by atoms with E-state index in [1.165, 1.54) is 142 Å². The Bertz CT molecular complexity index is 6510. The first-order valence-corrected chi connectivity index (χ1v) is 41.0. The van der Waals surface area contributed by atoms with Crippen molar-refractivity contribution in [3.63, 3.8) is 0 Å². The molecule has 2 aromatic heterocycles. The van der Waals surface area contributed by atoms with Crippen molar-refractivity contribution in [1.29, 1.82) is 0 Å². The van der Waals surface area contributed by atoms with E-state index in [9.17, 15) is 0 Å². The maximum atomic E-state index is 6.51. The van der Waals surface area contributed by atoms with E-state index in [0.717, 1.165) is 31.3 Å². The Morgan fingerprint density at radius 3 is 1.06 bits per heavy atom. The molecule has 1 saturated heterocycles. The summed E-state index contributed by atoms with van der Waals surface area (Å²) >= 11 is 9.74. The predicted molar refractivity (Wildman–Crippen MR) is 483 cm³/mol. The minimum absolute atomic E-state index is 0.410. The van der Waals surface area contributed by atoms with Crippen LogP contribution in [0.3, 0.4) is 0 Å². The van der Waals surface area contributed by atoms with Crippen molar-refractivity contribution in [3.05, 3.63) is 445 Å². The van der Waals surface area contributed by atoms with Gasteiger partial charge in [0.1, 0.15) is 0 Å². The second kappa shape index (κ2) is 28.8. The number of aromatic nitrogens is 2. The van der Waals surface area contributed by atoms with Gasteiger partial charge in [-0.1, -0.05) is 353 Å². The molecule has 4 nitrogen and oxygen atoms in total. The van der Waals surface area contributed by atoms with Gasteiger partial charge in [0.05, 0.1) is 44.1 Å². The van der Waals surface area contributed by atoms with Gasteiger partial charge in [-0.25, -0.2) is 0 Å². The molecule has 1 aliphatic heterocycles. The van der Waals surface area contributed by atoms with Gasteiger partial charge in [0.25, 0.3) is 0 Å². The van der Waals surface area contributed by atoms with Crippen LogP contribution < -0.4 is 5.46 Å². The summed E-state index contributed by atoms with van der Waals surface area (Å²) in [7, 11) is -0.436. The molecule has 0 unspecified atom stereocenters. The van der Waals surface area contributed by atoms with Gasteiger partial charge in [-0.2, -0.15) is 0 Å². The molecule has 538 valence electrons. The number of fused-ring (bicyclic) bond motifs is 12. The topological polar surface area (TPSA) is 28.3 Å². The molecule has 0 atom stereocenters. The Morgan fingerprint density at radius 1 is 0.268 bits per heavy atom. The van der Waals surface area contributed by atoms with Gasteiger partial charge >= 0.3 is 7.12 Å². The van der Waals surface area contributed by atoms with Gasteiger partial charge in [0, 0.05) is 45.4 Å². The van der Waals surface area contributed by atoms with Crippen LogP contribution in [0.2, 0.25) is 0 Å². The molecule has 21 rings (SSSR count). The smallest absolute Gasteiger partial charge is 0.399 e. The first-order valence-electron chi connectivity index (χ1n) is 38.3. The molecular weight excluding hydrogens is 1610 g/mol. The molecule has 18 aromatic rings. The predicted octanol–water partition coefficient (Wildman–Crippen LogP) is 27.4. The summed E-state index contributed by atoms with van der Waals surface area (Å²) in [4.78, 5) is 0. The van der Waals surface area contributed by atoms with E-state index in [-0.39, 0.29) is 0 Å². The lowest BCUT2D eigenvalue weighted by molar-refractivity contribution is 0.00578. The van der Waals surface area contributed by atoms with E-state index in [2.05, 4.69) is 473 Å². The van der Waals surface area contributed by atoms with Gasteiger partial charge in [-0.3, -0.25) is 0 Å². The minimum Gasteiger partial charge on any atom is -0.399 e. The number of nitrogens with zero attached hydrogens (tertiary/aromatic N) is 2. The Balaban J connectivity index is 0.000000129. The Kier molecular flexibility index (Phi) is 18.3. The first kappa shape index (κ1) is 71.1. The van der Waals surface area contributed by atoms with E-state index in [0.29, 0.717) is 0 Å². The molecule has 3 aliphatic rings. The van der Waals surface area contributed by atoms with E-state index >= 15 is 0 Å². The van der Waals surface area contributed by atoms with Gasteiger partial charge in [0.15, 0.2) is 0 Å². The van der Waals surface area contributed by atoms with Crippen LogP contribution in [-0.2, 0) is 20.1 Å². The Hall–Kier alpha value is -11.2. The monoisotopic (exact) mass is 1680 g/mol. The van der Waals surface area contributed by atoms with Crippen molar-refractivity contribution in [3.8, 4) is 67.0 Å². The quantitative estimate of drug-likeness (QED) is 0.101. The average molecular weight is 1680 g/mol. The third kappa shape index (κ3) is 11.7. The van der Waals surface area contributed by atoms with Crippen LogP contribution in [0.4, 0.5) is 0 Å². The van der Waals surface area contributed by atoms with Crippen molar-refractivity contribution >= 4 is 111 Å². The lowest BCUT2D eigenvalue weighted by Crippen LogP contribution is -2.41. The number of hydrogen-bond acceptors (Lipinski definition) is 2. The van der Waals surface area contributed by atoms with Crippen molar-refractivity contribution in [2.45, 2.75) is 49.7 Å². The maximum Gasteiger partial charge on any atom is 0.494 e. The largest absolute Gasteiger partial charge is 0.494 e. The minimum atomic E-state index is -0.462. The van der Waals surface area contributed by atoms with Crippen molar-refractivity contribution < 1.29 is 9.31 Å². The summed E-state index contributed by atoms with van der Waals surface area (Å²) in [6, 6.07) is 141. The molecule has 16 aromatic carbocycles. The molecule has 112 heavy (non-hydrogen) atoms. The normalized spacial score (nSPS) is 14.4. The zero-order valence-corrected chi connectivity index (χ0v) is 67.7. The van der Waals surface area contributed by atoms with E-state index < -0.39 is 29.2 Å². The summed E-state index contributed by atoms with van der Waals surface area (Å²) in [5, 5.41) is 4.93. The van der Waals surface area contributed by atoms with Crippen molar-refractivity contribution in [2.75, 3.05) is 0 Å². The zero-order valence-electron chi connectivity index (χ0n) is 62.4. The molecule has 0 radical (unpaired) electrons. The summed E-state index contributed by atoms with van der Waals surface area (Å²) < 4.78 is 21.4. The standard InChI is InChI=1S/C49H32BrN.C43H36BNO2.C12H8BrI/c50-46-25-13-10-22-41(46)38-20-8-7-19-37(38)33-27-29-43-42-23-11-14-26-47(42)51(48(43)31-33)36-28-30-40-39-21-9-12-24-44(39)49(45(40)32-36,34-15-3-1-4-16-34)35-17-5-2-6-18-35;1-41(2)42(3,4)47-44(46-41)31-23-25-36-35-20-12-14-22-39(35)45(40(36)27-31)32-24-26-34-33-19-11-13-21-37(33)43(38(34)28-32,29-15-7-5-8-16-29)30-17-9-6-10-18-30;13-11-7-3-1-5-9(11)10-6-2-4-8-12(10)14/h1-32H;5-28H,1-4H3;1-8H. The van der Waals surface area contributed by atoms with Crippen LogP contribution in [0.15, 0.2) is 397 Å². The SMILES string of the molecule is Brc1ccccc1-c1ccccc1-c1ccc2c3ccccc3n(-c3ccc4c(c3)C(c3ccccc3)(c3ccccc3)c3ccccc3-4)c2c1.Brc1ccccc1-c1ccccc1I.CC1(C)OB(c2ccc3c4ccccc4n(-c4ccc5c(c4)C(c4ccccc4)(c4ccccc4)c4ccccc4-5)c3c2)OC1(C)C. The van der Waals surface area contributed by atoms with Crippen molar-refractivity contribution in [2.24, 2.45) is 0 Å². The molecule has 3 heterocycles. The van der Waals surface area contributed by atoms with Crippen LogP contribution in [-0.4, -0.2) is 27.5 Å². The molecule has 0 N–H and O–H groups in total. The molecular formula is C104H76BBr2IN2O2. The van der Waals surface area contributed by atoms with Crippen LogP contribution in [0.25, 0.3) is 111 Å². The fourth-order valence-corrected chi connectivity index (χ4v) is 19.6. The second-order valence-electron chi connectivity index (χ2n) is 30.3. The Morgan fingerprint density at radius 2 is 0.607 bits per heavy atom. The summed E-state index contributed by atoms with van der Waals surface area (Å²) in [6.07, 6.45) is 0. The molecule has 2 aliphatic carbocycles. The Labute approximate surface area is 685 Å². The molecule has 1 fully saturated rings. The van der Waals surface area contributed by atoms with E-state index in [1.54, 1.807) is 0 Å². The number of hydrogen-bond donors (Lipinski definition) is 0. The van der Waals surface area contributed by atoms with Crippen LogP contribution in [0, 0.1) is 3.57 Å². The van der Waals surface area contributed by atoms with Gasteiger partial charge in [-0.05, 0) is 223 Å². The number of rotatable bonds is 10. The van der Waals surface area contributed by atoms with E-state index in [4.69, 9.17) is 9.31 Å². The highest BCUT2D eigenvalue weighted by Gasteiger charge is 2.52. The molecule has 0 amide bonds. The summed E-state index contributed by atoms with van der Waals surface area (Å²) in [6.45, 7) is 8.43. The van der Waals surface area contributed by atoms with Crippen molar-refractivity contribution in [1.82, 2.24) is 9.13 Å². The average Bonchev–Trinajstić information content (AvgIpc) is 1.51. The first-order chi connectivity index (χ1) is 54.8. The number of benzene rings is 16. The van der Waals surface area contributed by atoms with E-state index in [1.807, 2.05) is 6.07 Å². The zero-order chi connectivity index (χ0) is 75.9. The summed E-state index contributed by atoms with van der Waals surface area (Å²) in [5.74, 6) is 0. The van der Waals surface area contributed by atoms with Gasteiger partial charge in [-0.15, -0.1) is 0 Å². The highest BCUT2D eigenvalue weighted by molar-refractivity contribution is 14.1. The molecule has 0 spiro atoms. The van der Waals surface area contributed by atoms with Crippen LogP contribution in [0.1, 0.15) is 72.2 Å². The lowest BCUT2D eigenvalue weighted by atomic mass is 9.67. The lowest BCUT2D eigenvalue weighted by Gasteiger charge is -2.34. The number of halogens is 3.